The average molecular weight is 595 g/mol. The molecule has 0 unspecified atom stereocenters. The van der Waals surface area contributed by atoms with Gasteiger partial charge in [-0.3, -0.25) is 24.2 Å². The minimum Gasteiger partial charge on any atom is -0.481 e. The zero-order valence-corrected chi connectivity index (χ0v) is 26.2. The number of carboxylic acids is 2. The first kappa shape index (κ1) is 32.2. The van der Waals surface area contributed by atoms with E-state index in [1.54, 1.807) is 0 Å². The van der Waals surface area contributed by atoms with Crippen LogP contribution in [0.3, 0.4) is 0 Å². The zero-order valence-electron chi connectivity index (χ0n) is 26.2. The Labute approximate surface area is 253 Å². The highest BCUT2D eigenvalue weighted by atomic mass is 16.4. The lowest BCUT2D eigenvalue weighted by atomic mass is 9.86. The number of carbonyl (C=O) groups excluding carboxylic acids is 2. The van der Waals surface area contributed by atoms with Crippen LogP contribution in [-0.4, -0.2) is 56.7 Å². The number of allylic oxidation sites excluding steroid dienone is 2. The Hall–Kier alpha value is -3.69. The van der Waals surface area contributed by atoms with Crippen LogP contribution < -0.4 is 10.6 Å². The Morgan fingerprint density at radius 1 is 0.907 bits per heavy atom. The van der Waals surface area contributed by atoms with Gasteiger partial charge in [-0.05, 0) is 73.3 Å². The highest BCUT2D eigenvalue weighted by molar-refractivity contribution is 6.06. The van der Waals surface area contributed by atoms with Gasteiger partial charge in [-0.25, -0.2) is 0 Å². The van der Waals surface area contributed by atoms with Crippen molar-refractivity contribution < 1.29 is 29.4 Å². The normalized spacial score (nSPS) is 28.0. The van der Waals surface area contributed by atoms with E-state index in [0.717, 1.165) is 52.2 Å². The van der Waals surface area contributed by atoms with Crippen molar-refractivity contribution in [2.45, 2.75) is 105 Å². The Morgan fingerprint density at radius 2 is 1.56 bits per heavy atom. The second-order valence-electron chi connectivity index (χ2n) is 12.5. The maximum Gasteiger partial charge on any atom is 0.303 e. The predicted molar refractivity (Wildman–Crippen MR) is 165 cm³/mol. The molecule has 0 spiro atoms. The van der Waals surface area contributed by atoms with Gasteiger partial charge < -0.3 is 25.8 Å². The third-order valence-corrected chi connectivity index (χ3v) is 10.0. The van der Waals surface area contributed by atoms with E-state index >= 15 is 0 Å². The van der Waals surface area contributed by atoms with E-state index in [1.165, 1.54) is 0 Å². The lowest BCUT2D eigenvalue weighted by Crippen LogP contribution is -2.31. The summed E-state index contributed by atoms with van der Waals surface area (Å²) in [6, 6.07) is -0.0650. The van der Waals surface area contributed by atoms with Crippen LogP contribution in [-0.2, 0) is 32.0 Å². The van der Waals surface area contributed by atoms with Crippen LogP contribution in [0.25, 0.3) is 6.08 Å². The minimum absolute atomic E-state index is 0.0237. The molecule has 43 heavy (non-hydrogen) atoms. The summed E-state index contributed by atoms with van der Waals surface area (Å²) in [5.41, 5.74) is 6.85. The van der Waals surface area contributed by atoms with E-state index in [9.17, 15) is 29.4 Å². The zero-order chi connectivity index (χ0) is 31.6. The lowest BCUT2D eigenvalue weighted by Gasteiger charge is -2.19. The van der Waals surface area contributed by atoms with Crippen LogP contribution in [0.5, 0.6) is 0 Å². The van der Waals surface area contributed by atoms with Crippen molar-refractivity contribution in [2.75, 3.05) is 0 Å². The second kappa shape index (κ2) is 13.3. The molecule has 2 saturated heterocycles. The summed E-state index contributed by atoms with van der Waals surface area (Å²) in [7, 11) is 0. The number of aromatic amines is 1. The van der Waals surface area contributed by atoms with E-state index in [4.69, 9.17) is 4.99 Å². The number of aliphatic imine (C=N–C) groups is 1. The van der Waals surface area contributed by atoms with Crippen molar-refractivity contribution in [3.8, 4) is 0 Å². The first-order chi connectivity index (χ1) is 20.4. The number of aromatic nitrogens is 1. The minimum atomic E-state index is -0.894. The fraction of sp³-hybridized carbons (Fsp3) is 0.606. The molecule has 3 aliphatic heterocycles. The van der Waals surface area contributed by atoms with Gasteiger partial charge in [0.2, 0.25) is 11.8 Å². The fourth-order valence-corrected chi connectivity index (χ4v) is 7.23. The third kappa shape index (κ3) is 6.78. The molecule has 4 heterocycles. The molecule has 5 N–H and O–H groups in total. The number of hydrogen-bond donors (Lipinski definition) is 5. The van der Waals surface area contributed by atoms with Crippen LogP contribution in [0.2, 0.25) is 0 Å². The summed E-state index contributed by atoms with van der Waals surface area (Å²) in [5.74, 6) is -1.38. The van der Waals surface area contributed by atoms with E-state index < -0.39 is 11.9 Å². The number of nitrogens with one attached hydrogen (secondary N) is 3. The average Bonchev–Trinajstić information content (AvgIpc) is 3.59. The molecule has 6 atom stereocenters. The van der Waals surface area contributed by atoms with Crippen molar-refractivity contribution in [3.05, 3.63) is 39.4 Å². The number of carbonyl (C=O) groups is 4. The molecular formula is C33H46N4O6. The Kier molecular flexibility index (Phi) is 9.97. The monoisotopic (exact) mass is 594 g/mol. The maximum atomic E-state index is 12.5. The van der Waals surface area contributed by atoms with Crippen molar-refractivity contribution in [3.63, 3.8) is 0 Å². The SMILES string of the molecule is CC[C@H]1[C@H](CC2=NC(=Cc3[nH]c(C[C@@H]4NC(=O)[C@H](CC)[C@H]4C)c(C)c3CCC(=O)O)C(CCC(=O)O)=C2C)NC(=O)[C@@H]1C. The molecule has 1 aromatic rings. The number of H-pyrrole nitrogens is 1. The highest BCUT2D eigenvalue weighted by Crippen LogP contribution is 2.37. The van der Waals surface area contributed by atoms with Crippen LogP contribution in [0.15, 0.2) is 21.8 Å². The summed E-state index contributed by atoms with van der Waals surface area (Å²) < 4.78 is 0. The highest BCUT2D eigenvalue weighted by Gasteiger charge is 2.40. The van der Waals surface area contributed by atoms with Crippen molar-refractivity contribution in [2.24, 2.45) is 28.7 Å². The second-order valence-corrected chi connectivity index (χ2v) is 12.5. The van der Waals surface area contributed by atoms with Crippen LogP contribution in [0.1, 0.15) is 95.7 Å². The molecule has 3 aliphatic rings. The van der Waals surface area contributed by atoms with Crippen molar-refractivity contribution in [1.82, 2.24) is 15.6 Å². The van der Waals surface area contributed by atoms with Crippen LogP contribution >= 0.6 is 0 Å². The molecule has 2 amide bonds. The maximum absolute atomic E-state index is 12.5. The number of amides is 2. The summed E-state index contributed by atoms with van der Waals surface area (Å²) in [6.07, 6.45) is 5.30. The fourth-order valence-electron chi connectivity index (χ4n) is 7.23. The summed E-state index contributed by atoms with van der Waals surface area (Å²) in [6.45, 7) is 12.1. The van der Waals surface area contributed by atoms with Crippen molar-refractivity contribution >= 4 is 35.5 Å². The third-order valence-electron chi connectivity index (χ3n) is 10.0. The van der Waals surface area contributed by atoms with E-state index in [-0.39, 0.29) is 60.4 Å². The molecular weight excluding hydrogens is 548 g/mol. The van der Waals surface area contributed by atoms with Gasteiger partial charge in [0.25, 0.3) is 0 Å². The van der Waals surface area contributed by atoms with E-state index in [0.29, 0.717) is 31.4 Å². The number of hydrogen-bond acceptors (Lipinski definition) is 5. The number of nitrogens with zero attached hydrogens (tertiary/aromatic N) is 1. The van der Waals surface area contributed by atoms with Gasteiger partial charge in [0.15, 0.2) is 0 Å². The molecule has 0 aliphatic carbocycles. The molecule has 10 nitrogen and oxygen atoms in total. The smallest absolute Gasteiger partial charge is 0.303 e. The van der Waals surface area contributed by atoms with E-state index in [2.05, 4.69) is 29.5 Å². The van der Waals surface area contributed by atoms with Gasteiger partial charge >= 0.3 is 11.9 Å². The van der Waals surface area contributed by atoms with Gasteiger partial charge in [0, 0.05) is 66.7 Å². The van der Waals surface area contributed by atoms with Crippen molar-refractivity contribution in [1.29, 1.82) is 0 Å². The summed E-state index contributed by atoms with van der Waals surface area (Å²) in [5, 5.41) is 25.2. The quantitative estimate of drug-likeness (QED) is 0.225. The standard InChI is InChI=1S/C33H46N4O6/c1-7-20-19(6)32(42)37-27(20)14-25-18(5)23(10-12-31(40)41)29(35-25)15-28-22(9-11-30(38)39)17(4)24(34-28)13-26-16(3)21(8-2)33(43)36-26/h15-16,19-21,26-27,34H,7-14H2,1-6H3,(H,36,43)(H,37,42)(H,38,39)(H,40,41)/t16-,19-,20-,21-,26+,27+/m1/s1. The van der Waals surface area contributed by atoms with Gasteiger partial charge in [0.1, 0.15) is 0 Å². The predicted octanol–water partition coefficient (Wildman–Crippen LogP) is 4.57. The number of rotatable bonds is 13. The number of carboxylic acid groups (broad SMARTS) is 2. The summed E-state index contributed by atoms with van der Waals surface area (Å²) >= 11 is 0. The molecule has 10 heteroatoms. The summed E-state index contributed by atoms with van der Waals surface area (Å²) in [4.78, 5) is 56.5. The molecule has 0 aromatic carbocycles. The van der Waals surface area contributed by atoms with E-state index in [1.807, 2.05) is 33.8 Å². The molecule has 1 aromatic heterocycles. The Morgan fingerprint density at radius 3 is 2.16 bits per heavy atom. The Bertz CT molecular complexity index is 1390. The first-order valence-electron chi connectivity index (χ1n) is 15.6. The van der Waals surface area contributed by atoms with Crippen LogP contribution in [0, 0.1) is 30.6 Å². The molecule has 234 valence electrons. The van der Waals surface area contributed by atoms with Gasteiger partial charge in [-0.2, -0.15) is 0 Å². The lowest BCUT2D eigenvalue weighted by molar-refractivity contribution is -0.138. The van der Waals surface area contributed by atoms with Gasteiger partial charge in [0.05, 0.1) is 5.70 Å². The number of aliphatic carboxylic acids is 2. The van der Waals surface area contributed by atoms with Crippen LogP contribution in [0.4, 0.5) is 0 Å². The first-order valence-corrected chi connectivity index (χ1v) is 15.6. The largest absolute Gasteiger partial charge is 0.481 e. The molecule has 2 fully saturated rings. The molecule has 0 bridgehead atoms. The topological polar surface area (TPSA) is 161 Å². The molecule has 0 radical (unpaired) electrons. The van der Waals surface area contributed by atoms with Gasteiger partial charge in [-0.15, -0.1) is 0 Å². The molecule has 0 saturated carbocycles. The van der Waals surface area contributed by atoms with Gasteiger partial charge in [-0.1, -0.05) is 34.1 Å². The Balaban J connectivity index is 1.71. The molecule has 4 rings (SSSR count).